The van der Waals surface area contributed by atoms with Crippen molar-refractivity contribution in [2.24, 2.45) is 0 Å². The van der Waals surface area contributed by atoms with Crippen molar-refractivity contribution in [3.8, 4) is 0 Å². The first kappa shape index (κ1) is 28.0. The molecule has 5 nitrogen and oxygen atoms in total. The number of nitrogens with one attached hydrogen (secondary N) is 1. The molecule has 36 heavy (non-hydrogen) atoms. The summed E-state index contributed by atoms with van der Waals surface area (Å²) >= 11 is 0. The summed E-state index contributed by atoms with van der Waals surface area (Å²) in [6.07, 6.45) is 2.63. The zero-order valence-corrected chi connectivity index (χ0v) is 24.8. The molecule has 0 radical (unpaired) electrons. The summed E-state index contributed by atoms with van der Waals surface area (Å²) in [5, 5.41) is 1.18. The first-order valence-corrected chi connectivity index (χ1v) is 19.9. The number of rotatable bonds is 12. The van der Waals surface area contributed by atoms with Gasteiger partial charge in [-0.05, 0) is 49.3 Å². The molecule has 0 saturated carbocycles. The van der Waals surface area contributed by atoms with Gasteiger partial charge in [0.1, 0.15) is 12.8 Å². The number of hydrogen-bond acceptors (Lipinski definition) is 3. The molecule has 1 heterocycles. The number of para-hydroxylation sites is 1. The van der Waals surface area contributed by atoms with E-state index in [4.69, 9.17) is 9.16 Å². The number of benzene rings is 2. The normalized spacial score (nSPS) is 12.9. The summed E-state index contributed by atoms with van der Waals surface area (Å²) in [6.45, 7) is 18.6. The second-order valence-corrected chi connectivity index (χ2v) is 21.7. The third kappa shape index (κ3) is 8.80. The average molecular weight is 523 g/mol. The molecule has 0 aliphatic heterocycles. The lowest BCUT2D eigenvalue weighted by Crippen LogP contribution is -2.48. The Labute approximate surface area is 218 Å². The summed E-state index contributed by atoms with van der Waals surface area (Å²) in [5.74, 6) is 0. The van der Waals surface area contributed by atoms with Gasteiger partial charge in [-0.2, -0.15) is 0 Å². The number of aromatic amines is 1. The van der Waals surface area contributed by atoms with Crippen LogP contribution in [0.1, 0.15) is 17.5 Å². The monoisotopic (exact) mass is 522 g/mol. The zero-order valence-electron chi connectivity index (χ0n) is 22.8. The van der Waals surface area contributed by atoms with Gasteiger partial charge in [-0.15, -0.1) is 0 Å². The van der Waals surface area contributed by atoms with Crippen LogP contribution in [0.5, 0.6) is 0 Å². The summed E-state index contributed by atoms with van der Waals surface area (Å²) in [7, 11) is -3.31. The Hall–Kier alpha value is -2.62. The highest BCUT2D eigenvalue weighted by molar-refractivity contribution is 6.76. The molecular formula is C29H42N2O3Si2. The molecule has 2 aromatic carbocycles. The smallest absolute Gasteiger partial charge is 0.412 e. The molecule has 0 fully saturated rings. The van der Waals surface area contributed by atoms with Gasteiger partial charge < -0.3 is 14.1 Å². The molecule has 3 aromatic rings. The van der Waals surface area contributed by atoms with E-state index < -0.39 is 22.6 Å². The van der Waals surface area contributed by atoms with Crippen LogP contribution in [-0.2, 0) is 22.2 Å². The minimum absolute atomic E-state index is 0.235. The lowest BCUT2D eigenvalue weighted by Gasteiger charge is -2.36. The number of aromatic nitrogens is 1. The first-order valence-electron chi connectivity index (χ1n) is 12.8. The van der Waals surface area contributed by atoms with Crippen molar-refractivity contribution < 1.29 is 14.0 Å². The number of H-pyrrole nitrogens is 1. The highest BCUT2D eigenvalue weighted by Gasteiger charge is 2.31. The minimum Gasteiger partial charge on any atom is -0.444 e. The van der Waals surface area contributed by atoms with Gasteiger partial charge in [0.25, 0.3) is 0 Å². The van der Waals surface area contributed by atoms with E-state index in [1.54, 1.807) is 4.90 Å². The molecule has 1 N–H and O–H groups in total. The number of carbonyl (C=O) groups excluding carboxylic acids is 1. The summed E-state index contributed by atoms with van der Waals surface area (Å²) < 4.78 is 12.4. The number of amides is 1. The summed E-state index contributed by atoms with van der Waals surface area (Å²) in [4.78, 5) is 18.7. The van der Waals surface area contributed by atoms with E-state index in [0.717, 1.165) is 22.7 Å². The zero-order chi connectivity index (χ0) is 26.3. The van der Waals surface area contributed by atoms with E-state index in [1.807, 2.05) is 48.7 Å². The Morgan fingerprint density at radius 2 is 1.67 bits per heavy atom. The van der Waals surface area contributed by atoms with Crippen molar-refractivity contribution >= 4 is 33.4 Å². The van der Waals surface area contributed by atoms with Crippen LogP contribution in [0.25, 0.3) is 10.9 Å². The molecule has 7 heteroatoms. The van der Waals surface area contributed by atoms with Crippen molar-refractivity contribution in [2.75, 3.05) is 6.54 Å². The van der Waals surface area contributed by atoms with Crippen molar-refractivity contribution in [3.05, 3.63) is 84.1 Å². The maximum Gasteiger partial charge on any atom is 0.412 e. The van der Waals surface area contributed by atoms with Gasteiger partial charge >= 0.3 is 6.09 Å². The second-order valence-electron chi connectivity index (χ2n) is 11.7. The lowest BCUT2D eigenvalue weighted by molar-refractivity contribution is 0.00882. The average Bonchev–Trinajstić information content (AvgIpc) is 3.19. The van der Waals surface area contributed by atoms with Crippen molar-refractivity contribution in [1.29, 1.82) is 0 Å². The van der Waals surface area contributed by atoms with E-state index in [2.05, 4.69) is 63.0 Å². The van der Waals surface area contributed by atoms with Gasteiger partial charge in [-0.1, -0.05) is 80.3 Å². The van der Waals surface area contributed by atoms with Crippen LogP contribution in [0.2, 0.25) is 45.3 Å². The molecule has 0 aliphatic carbocycles. The molecule has 0 aliphatic rings. The van der Waals surface area contributed by atoms with Gasteiger partial charge in [-0.3, -0.25) is 4.90 Å². The second kappa shape index (κ2) is 12.1. The fourth-order valence-corrected chi connectivity index (χ4v) is 7.10. The molecule has 194 valence electrons. The topological polar surface area (TPSA) is 54.6 Å². The molecule has 1 aromatic heterocycles. The lowest BCUT2D eigenvalue weighted by atomic mass is 10.1. The third-order valence-corrected chi connectivity index (χ3v) is 8.36. The summed E-state index contributed by atoms with van der Waals surface area (Å²) in [5.41, 5.74) is 4.39. The highest BCUT2D eigenvalue weighted by atomic mass is 28.4. The molecule has 1 amide bonds. The minimum atomic E-state index is -1.97. The maximum atomic E-state index is 13.5. The molecule has 3 rings (SSSR count). The van der Waals surface area contributed by atoms with E-state index in [0.29, 0.717) is 19.4 Å². The Balaban J connectivity index is 1.84. The Morgan fingerprint density at radius 3 is 2.33 bits per heavy atom. The van der Waals surface area contributed by atoms with Gasteiger partial charge in [0.2, 0.25) is 0 Å². The Bertz CT molecular complexity index is 1150. The van der Waals surface area contributed by atoms with Gasteiger partial charge in [-0.25, -0.2) is 4.79 Å². The predicted octanol–water partition coefficient (Wildman–Crippen LogP) is 7.81. The van der Waals surface area contributed by atoms with Crippen LogP contribution < -0.4 is 0 Å². The SMILES string of the molecule is C=C(CC(O[Si](C)(C)C)N(CCc1c[nH]c2ccccc12)C(=O)OCc1ccccc1)C[Si](C)(C)C. The van der Waals surface area contributed by atoms with Gasteiger partial charge in [0.15, 0.2) is 8.32 Å². The molecular weight excluding hydrogens is 481 g/mol. The molecule has 1 atom stereocenters. The third-order valence-electron chi connectivity index (χ3n) is 5.82. The van der Waals surface area contributed by atoms with Crippen LogP contribution in [0.15, 0.2) is 72.9 Å². The molecule has 1 unspecified atom stereocenters. The Morgan fingerprint density at radius 1 is 1.00 bits per heavy atom. The van der Waals surface area contributed by atoms with Crippen LogP contribution in [0.3, 0.4) is 0 Å². The largest absolute Gasteiger partial charge is 0.444 e. The Kier molecular flexibility index (Phi) is 9.38. The fourth-order valence-electron chi connectivity index (χ4n) is 4.43. The number of nitrogens with zero attached hydrogens (tertiary/aromatic N) is 1. The molecule has 0 spiro atoms. The van der Waals surface area contributed by atoms with Crippen LogP contribution >= 0.6 is 0 Å². The van der Waals surface area contributed by atoms with E-state index in [9.17, 15) is 4.79 Å². The molecule has 0 bridgehead atoms. The van der Waals surface area contributed by atoms with E-state index in [1.165, 1.54) is 10.9 Å². The van der Waals surface area contributed by atoms with Crippen LogP contribution in [0, 0.1) is 0 Å². The standard InChI is InChI=1S/C29H42N2O3Si2/c1-23(22-35(2,3)4)19-28(34-36(5,6)7)31(29(32)33-21-24-13-9-8-10-14-24)18-17-25-20-30-27-16-12-11-15-26(25)27/h8-16,20,28,30H,1,17-19,21-22H2,2-7H3. The quantitative estimate of drug-likeness (QED) is 0.150. The van der Waals surface area contributed by atoms with Gasteiger partial charge in [0.05, 0.1) is 0 Å². The predicted molar refractivity (Wildman–Crippen MR) is 155 cm³/mol. The van der Waals surface area contributed by atoms with Gasteiger partial charge in [0, 0.05) is 38.1 Å². The van der Waals surface area contributed by atoms with Crippen molar-refractivity contribution in [2.45, 2.75) is 71.0 Å². The van der Waals surface area contributed by atoms with Crippen LogP contribution in [-0.4, -0.2) is 45.1 Å². The highest BCUT2D eigenvalue weighted by Crippen LogP contribution is 2.26. The van der Waals surface area contributed by atoms with Crippen molar-refractivity contribution in [3.63, 3.8) is 0 Å². The number of carbonyl (C=O) groups is 1. The number of fused-ring (bicyclic) bond motifs is 1. The number of hydrogen-bond donors (Lipinski definition) is 1. The fraction of sp³-hybridized carbons (Fsp3) is 0.414. The van der Waals surface area contributed by atoms with E-state index >= 15 is 0 Å². The van der Waals surface area contributed by atoms with Crippen molar-refractivity contribution in [1.82, 2.24) is 9.88 Å². The maximum absolute atomic E-state index is 13.5. The number of ether oxygens (including phenoxy) is 1. The van der Waals surface area contributed by atoms with E-state index in [-0.39, 0.29) is 12.7 Å². The molecule has 0 saturated heterocycles. The van der Waals surface area contributed by atoms with Crippen LogP contribution in [0.4, 0.5) is 4.79 Å². The first-order chi connectivity index (χ1) is 16.9. The summed E-state index contributed by atoms with van der Waals surface area (Å²) in [6, 6.07) is 19.1.